The van der Waals surface area contributed by atoms with E-state index in [1.54, 1.807) is 11.3 Å². The van der Waals surface area contributed by atoms with E-state index >= 15 is 0 Å². The number of hydrogen-bond donors (Lipinski definition) is 1. The van der Waals surface area contributed by atoms with Crippen molar-refractivity contribution in [3.63, 3.8) is 0 Å². The molecule has 0 saturated heterocycles. The third-order valence-corrected chi connectivity index (χ3v) is 4.51. The quantitative estimate of drug-likeness (QED) is 0.448. The van der Waals surface area contributed by atoms with Gasteiger partial charge < -0.3 is 14.8 Å². The van der Waals surface area contributed by atoms with Gasteiger partial charge in [0.15, 0.2) is 5.96 Å². The van der Waals surface area contributed by atoms with Crippen molar-refractivity contribution in [2.24, 2.45) is 12.0 Å². The number of rotatable bonds is 5. The molecule has 0 aliphatic carbocycles. The molecule has 0 spiro atoms. The lowest BCUT2D eigenvalue weighted by molar-refractivity contribution is 0.461. The van der Waals surface area contributed by atoms with E-state index in [2.05, 4.69) is 57.1 Å². The fraction of sp³-hybridized carbons (Fsp3) is 0.467. The molecule has 2 aromatic rings. The molecular formula is C15H24IN5S. The largest absolute Gasteiger partial charge is 0.353 e. The second kappa shape index (κ2) is 9.14. The molecule has 0 amide bonds. The molecule has 2 aromatic heterocycles. The second-order valence-corrected chi connectivity index (χ2v) is 6.14. The number of guanidine groups is 1. The Bertz CT molecular complexity index is 605. The summed E-state index contributed by atoms with van der Waals surface area (Å²) in [5, 5.41) is 4.47. The summed E-state index contributed by atoms with van der Waals surface area (Å²) in [7, 11) is 5.91. The molecule has 2 heterocycles. The highest BCUT2D eigenvalue weighted by Crippen LogP contribution is 2.13. The van der Waals surface area contributed by atoms with Crippen LogP contribution in [0, 0.1) is 0 Å². The Morgan fingerprint density at radius 2 is 2.27 bits per heavy atom. The number of nitrogens with zero attached hydrogens (tertiary/aromatic N) is 4. The third kappa shape index (κ3) is 4.98. The fourth-order valence-electron chi connectivity index (χ4n) is 2.11. The second-order valence-electron chi connectivity index (χ2n) is 4.94. The monoisotopic (exact) mass is 433 g/mol. The number of thiazole rings is 1. The summed E-state index contributed by atoms with van der Waals surface area (Å²) >= 11 is 1.75. The molecule has 0 bridgehead atoms. The Kier molecular flexibility index (Phi) is 7.88. The summed E-state index contributed by atoms with van der Waals surface area (Å²) in [5.41, 5.74) is 1.25. The van der Waals surface area contributed by atoms with Crippen molar-refractivity contribution in [1.82, 2.24) is 19.8 Å². The van der Waals surface area contributed by atoms with Crippen LogP contribution in [0.5, 0.6) is 0 Å². The predicted molar refractivity (Wildman–Crippen MR) is 104 cm³/mol. The average molecular weight is 433 g/mol. The molecule has 122 valence electrons. The van der Waals surface area contributed by atoms with Crippen molar-refractivity contribution in [3.8, 4) is 0 Å². The van der Waals surface area contributed by atoms with Crippen LogP contribution in [0.25, 0.3) is 0 Å². The molecule has 7 heteroatoms. The molecule has 1 N–H and O–H groups in total. The lowest BCUT2D eigenvalue weighted by Crippen LogP contribution is -2.38. The number of nitrogens with one attached hydrogen (secondary N) is 1. The van der Waals surface area contributed by atoms with Crippen molar-refractivity contribution in [2.75, 3.05) is 14.1 Å². The number of aryl methyl sites for hydroxylation is 2. The maximum Gasteiger partial charge on any atom is 0.194 e. The van der Waals surface area contributed by atoms with Gasteiger partial charge in [0.25, 0.3) is 0 Å². The minimum Gasteiger partial charge on any atom is -0.353 e. The minimum absolute atomic E-state index is 0. The van der Waals surface area contributed by atoms with Crippen LogP contribution in [0.2, 0.25) is 0 Å². The van der Waals surface area contributed by atoms with Crippen molar-refractivity contribution >= 4 is 41.3 Å². The first-order valence-electron chi connectivity index (χ1n) is 7.09. The first-order valence-corrected chi connectivity index (χ1v) is 7.91. The Balaban J connectivity index is 0.00000242. The van der Waals surface area contributed by atoms with E-state index in [9.17, 15) is 0 Å². The van der Waals surface area contributed by atoms with E-state index in [1.165, 1.54) is 10.6 Å². The van der Waals surface area contributed by atoms with Crippen molar-refractivity contribution < 1.29 is 0 Å². The number of halogens is 1. The van der Waals surface area contributed by atoms with E-state index in [4.69, 9.17) is 0 Å². The molecule has 2 rings (SSSR count). The normalized spacial score (nSPS) is 11.2. The lowest BCUT2D eigenvalue weighted by Gasteiger charge is -2.22. The Morgan fingerprint density at radius 1 is 1.50 bits per heavy atom. The fourth-order valence-corrected chi connectivity index (χ4v) is 2.91. The number of aromatic nitrogens is 2. The summed E-state index contributed by atoms with van der Waals surface area (Å²) in [5.74, 6) is 0.879. The van der Waals surface area contributed by atoms with Crippen LogP contribution in [0.1, 0.15) is 22.5 Å². The predicted octanol–water partition coefficient (Wildman–Crippen LogP) is 2.87. The Labute approximate surface area is 153 Å². The molecule has 0 aliphatic heterocycles. The van der Waals surface area contributed by atoms with Gasteiger partial charge in [0.2, 0.25) is 0 Å². The molecule has 0 radical (unpaired) electrons. The smallest absolute Gasteiger partial charge is 0.194 e. The minimum atomic E-state index is 0. The lowest BCUT2D eigenvalue weighted by atomic mass is 10.4. The van der Waals surface area contributed by atoms with Gasteiger partial charge in [0.1, 0.15) is 5.01 Å². The van der Waals surface area contributed by atoms with Crippen molar-refractivity contribution in [1.29, 1.82) is 0 Å². The van der Waals surface area contributed by atoms with Gasteiger partial charge >= 0.3 is 0 Å². The Morgan fingerprint density at radius 3 is 2.82 bits per heavy atom. The van der Waals surface area contributed by atoms with Gasteiger partial charge in [-0.3, -0.25) is 4.99 Å². The van der Waals surface area contributed by atoms with Gasteiger partial charge in [-0.2, -0.15) is 0 Å². The van der Waals surface area contributed by atoms with E-state index in [1.807, 2.05) is 20.3 Å². The third-order valence-electron chi connectivity index (χ3n) is 3.37. The molecule has 0 saturated carbocycles. The maximum absolute atomic E-state index is 4.42. The molecule has 0 atom stereocenters. The maximum atomic E-state index is 4.42. The first kappa shape index (κ1) is 19.0. The van der Waals surface area contributed by atoms with Gasteiger partial charge in [-0.05, 0) is 18.6 Å². The van der Waals surface area contributed by atoms with E-state index in [0.717, 1.165) is 30.5 Å². The average Bonchev–Trinajstić information content (AvgIpc) is 3.09. The van der Waals surface area contributed by atoms with Crippen molar-refractivity contribution in [3.05, 3.63) is 40.1 Å². The molecule has 0 aromatic carbocycles. The number of aliphatic imine (C=N–C) groups is 1. The summed E-state index contributed by atoms with van der Waals surface area (Å²) in [6, 6.07) is 4.18. The highest BCUT2D eigenvalue weighted by atomic mass is 127. The summed E-state index contributed by atoms with van der Waals surface area (Å²) in [4.78, 5) is 12.2. The van der Waals surface area contributed by atoms with Gasteiger partial charge in [0, 0.05) is 44.1 Å². The van der Waals surface area contributed by atoms with Crippen LogP contribution in [0.15, 0.2) is 29.5 Å². The zero-order valence-corrected chi connectivity index (χ0v) is 16.7. The van der Waals surface area contributed by atoms with Crippen LogP contribution in [-0.4, -0.2) is 34.5 Å². The van der Waals surface area contributed by atoms with Gasteiger partial charge in [-0.25, -0.2) is 4.98 Å². The molecule has 5 nitrogen and oxygen atoms in total. The van der Waals surface area contributed by atoms with Crippen LogP contribution in [0.3, 0.4) is 0 Å². The SMILES string of the molecule is CCc1cnc(CNC(=NC)N(C)Cc2cccn2C)s1.I. The van der Waals surface area contributed by atoms with E-state index < -0.39 is 0 Å². The standard InChI is InChI=1S/C15H23N5S.HI/c1-5-13-9-17-14(21-13)10-18-15(16-2)20(4)11-12-7-6-8-19(12)3;/h6-9H,5,10-11H2,1-4H3,(H,16,18);1H. The van der Waals surface area contributed by atoms with Crippen LogP contribution < -0.4 is 5.32 Å². The molecular weight excluding hydrogens is 409 g/mol. The highest BCUT2D eigenvalue weighted by molar-refractivity contribution is 14.0. The molecule has 22 heavy (non-hydrogen) atoms. The first-order chi connectivity index (χ1) is 10.1. The van der Waals surface area contributed by atoms with Gasteiger partial charge in [-0.15, -0.1) is 35.3 Å². The van der Waals surface area contributed by atoms with Gasteiger partial charge in [-0.1, -0.05) is 6.92 Å². The van der Waals surface area contributed by atoms with Crippen LogP contribution in [-0.2, 0) is 26.6 Å². The summed E-state index contributed by atoms with van der Waals surface area (Å²) < 4.78 is 2.12. The van der Waals surface area contributed by atoms with Crippen molar-refractivity contribution in [2.45, 2.75) is 26.4 Å². The van der Waals surface area contributed by atoms with Crippen LogP contribution in [0.4, 0.5) is 0 Å². The van der Waals surface area contributed by atoms with Gasteiger partial charge in [0.05, 0.1) is 13.1 Å². The molecule has 0 unspecified atom stereocenters. The number of hydrogen-bond acceptors (Lipinski definition) is 3. The Hall–Kier alpha value is -1.09. The summed E-state index contributed by atoms with van der Waals surface area (Å²) in [6.07, 6.45) is 5.05. The zero-order valence-electron chi connectivity index (χ0n) is 13.5. The van der Waals surface area contributed by atoms with E-state index in [-0.39, 0.29) is 24.0 Å². The van der Waals surface area contributed by atoms with Crippen LogP contribution >= 0.6 is 35.3 Å². The van der Waals surface area contributed by atoms with E-state index in [0.29, 0.717) is 0 Å². The zero-order chi connectivity index (χ0) is 15.2. The highest BCUT2D eigenvalue weighted by Gasteiger charge is 2.09. The molecule has 0 fully saturated rings. The molecule has 0 aliphatic rings. The summed E-state index contributed by atoms with van der Waals surface area (Å²) in [6.45, 7) is 3.69. The topological polar surface area (TPSA) is 45.5 Å².